The molecule has 0 aliphatic carbocycles. The Hall–Kier alpha value is -1.94. The van der Waals surface area contributed by atoms with E-state index in [1.54, 1.807) is 6.92 Å². The van der Waals surface area contributed by atoms with Crippen molar-refractivity contribution in [3.8, 4) is 0 Å². The van der Waals surface area contributed by atoms with Gasteiger partial charge < -0.3 is 5.11 Å². The molecule has 0 saturated carbocycles. The molecule has 2 rings (SSSR count). The van der Waals surface area contributed by atoms with Gasteiger partial charge in [0.25, 0.3) is 5.56 Å². The molecule has 0 bridgehead atoms. The lowest BCUT2D eigenvalue weighted by molar-refractivity contribution is 0.218. The molecule has 0 spiro atoms. The van der Waals surface area contributed by atoms with Crippen molar-refractivity contribution in [2.75, 3.05) is 0 Å². The Morgan fingerprint density at radius 3 is 2.69 bits per heavy atom. The monoisotopic (exact) mass is 216 g/mol. The summed E-state index contributed by atoms with van der Waals surface area (Å²) < 4.78 is 0. The molecule has 0 saturated heterocycles. The van der Waals surface area contributed by atoms with E-state index in [9.17, 15) is 9.90 Å². The van der Waals surface area contributed by atoms with Gasteiger partial charge in [-0.15, -0.1) is 0 Å². The highest BCUT2D eigenvalue weighted by atomic mass is 16.3. The van der Waals surface area contributed by atoms with Crippen molar-refractivity contribution in [2.24, 2.45) is 0 Å². The highest BCUT2D eigenvalue weighted by Gasteiger charge is 2.13. The Labute approximate surface area is 92.6 Å². The summed E-state index contributed by atoms with van der Waals surface area (Å²) in [5.74, 6) is 0. The molecule has 4 nitrogen and oxygen atoms in total. The number of nitrogens with zero attached hydrogens (tertiary/aromatic N) is 1. The van der Waals surface area contributed by atoms with E-state index >= 15 is 0 Å². The van der Waals surface area contributed by atoms with Crippen molar-refractivity contribution in [1.29, 1.82) is 0 Å². The zero-order valence-corrected chi connectivity index (χ0v) is 8.84. The molecule has 1 heterocycles. The second-order valence-corrected chi connectivity index (χ2v) is 3.59. The first-order valence-electron chi connectivity index (χ1n) is 4.97. The maximum Gasteiger partial charge on any atom is 0.264 e. The number of aryl methyl sites for hydroxylation is 1. The van der Waals surface area contributed by atoms with Crippen LogP contribution in [0, 0.1) is 6.92 Å². The quantitative estimate of drug-likeness (QED) is 0.791. The van der Waals surface area contributed by atoms with Gasteiger partial charge in [-0.2, -0.15) is 5.10 Å². The molecule has 82 valence electrons. The van der Waals surface area contributed by atoms with Gasteiger partial charge in [0, 0.05) is 11.6 Å². The highest BCUT2D eigenvalue weighted by molar-refractivity contribution is 5.30. The molecule has 2 aromatic rings. The number of nitrogens with one attached hydrogen (secondary N) is 1. The minimum atomic E-state index is -0.809. The molecular formula is C12H12N2O2. The van der Waals surface area contributed by atoms with Crippen molar-refractivity contribution >= 4 is 0 Å². The van der Waals surface area contributed by atoms with Crippen LogP contribution < -0.4 is 5.56 Å². The van der Waals surface area contributed by atoms with Crippen LogP contribution in [0.3, 0.4) is 0 Å². The average Bonchev–Trinajstić information content (AvgIpc) is 2.32. The molecule has 1 aromatic carbocycles. The third-order valence-corrected chi connectivity index (χ3v) is 2.45. The predicted octanol–water partition coefficient (Wildman–Crippen LogP) is 1.16. The molecule has 1 aromatic heterocycles. The third kappa shape index (κ3) is 2.01. The zero-order valence-electron chi connectivity index (χ0n) is 8.84. The fourth-order valence-electron chi connectivity index (χ4n) is 1.57. The van der Waals surface area contributed by atoms with Crippen LogP contribution >= 0.6 is 0 Å². The molecule has 1 atom stereocenters. The van der Waals surface area contributed by atoms with Crippen molar-refractivity contribution < 1.29 is 5.11 Å². The van der Waals surface area contributed by atoms with Crippen molar-refractivity contribution in [2.45, 2.75) is 13.0 Å². The Morgan fingerprint density at radius 2 is 2.00 bits per heavy atom. The number of benzene rings is 1. The van der Waals surface area contributed by atoms with Gasteiger partial charge in [0.05, 0.1) is 5.69 Å². The summed E-state index contributed by atoms with van der Waals surface area (Å²) in [6.07, 6.45) is -0.809. The molecule has 4 heteroatoms. The van der Waals surface area contributed by atoms with Crippen molar-refractivity contribution in [1.82, 2.24) is 10.2 Å². The lowest BCUT2D eigenvalue weighted by Crippen LogP contribution is -2.13. The van der Waals surface area contributed by atoms with Crippen LogP contribution in [0.1, 0.15) is 22.9 Å². The lowest BCUT2D eigenvalue weighted by atomic mass is 10.0. The summed E-state index contributed by atoms with van der Waals surface area (Å²) in [5, 5.41) is 16.3. The van der Waals surface area contributed by atoms with Crippen LogP contribution in [0.5, 0.6) is 0 Å². The van der Waals surface area contributed by atoms with Gasteiger partial charge in [-0.05, 0) is 12.5 Å². The number of rotatable bonds is 2. The first-order valence-corrected chi connectivity index (χ1v) is 4.97. The largest absolute Gasteiger partial charge is 0.384 e. The Balaban J connectivity index is 2.45. The molecule has 0 amide bonds. The van der Waals surface area contributed by atoms with Crippen molar-refractivity contribution in [3.05, 3.63) is 63.6 Å². The molecule has 16 heavy (non-hydrogen) atoms. The van der Waals surface area contributed by atoms with E-state index in [-0.39, 0.29) is 5.56 Å². The second-order valence-electron chi connectivity index (χ2n) is 3.59. The summed E-state index contributed by atoms with van der Waals surface area (Å²) >= 11 is 0. The van der Waals surface area contributed by atoms with Gasteiger partial charge in [0.15, 0.2) is 0 Å². The number of aromatic amines is 1. The number of H-pyrrole nitrogens is 1. The predicted molar refractivity (Wildman–Crippen MR) is 60.1 cm³/mol. The van der Waals surface area contributed by atoms with Gasteiger partial charge in [-0.3, -0.25) is 4.79 Å². The number of aromatic nitrogens is 2. The number of aliphatic hydroxyl groups excluding tert-OH is 1. The summed E-state index contributed by atoms with van der Waals surface area (Å²) in [6.45, 7) is 1.75. The van der Waals surface area contributed by atoms with Crippen LogP contribution in [0.2, 0.25) is 0 Å². The van der Waals surface area contributed by atoms with Crippen LogP contribution in [-0.2, 0) is 0 Å². The van der Waals surface area contributed by atoms with Gasteiger partial charge in [-0.1, -0.05) is 30.3 Å². The average molecular weight is 216 g/mol. The van der Waals surface area contributed by atoms with E-state index in [4.69, 9.17) is 0 Å². The molecule has 0 aliphatic rings. The lowest BCUT2D eigenvalue weighted by Gasteiger charge is -2.12. The molecular weight excluding hydrogens is 204 g/mol. The summed E-state index contributed by atoms with van der Waals surface area (Å²) in [4.78, 5) is 11.1. The topological polar surface area (TPSA) is 66.0 Å². The molecule has 0 fully saturated rings. The number of hydrogen-bond donors (Lipinski definition) is 2. The Morgan fingerprint density at radius 1 is 1.31 bits per heavy atom. The van der Waals surface area contributed by atoms with Crippen LogP contribution in [-0.4, -0.2) is 15.3 Å². The van der Waals surface area contributed by atoms with Crippen LogP contribution in [0.4, 0.5) is 0 Å². The molecule has 0 radical (unpaired) electrons. The SMILES string of the molecule is Cc1n[nH]c(=O)cc1C(O)c1ccccc1. The van der Waals surface area contributed by atoms with E-state index in [0.29, 0.717) is 11.3 Å². The fourth-order valence-corrected chi connectivity index (χ4v) is 1.57. The summed E-state index contributed by atoms with van der Waals surface area (Å²) in [5.41, 5.74) is 1.60. The molecule has 0 aliphatic heterocycles. The van der Waals surface area contributed by atoms with Gasteiger partial charge >= 0.3 is 0 Å². The number of aliphatic hydroxyl groups is 1. The minimum Gasteiger partial charge on any atom is -0.384 e. The van der Waals surface area contributed by atoms with Gasteiger partial charge in [0.2, 0.25) is 0 Å². The molecule has 2 N–H and O–H groups in total. The Kier molecular flexibility index (Phi) is 2.83. The van der Waals surface area contributed by atoms with Gasteiger partial charge in [0.1, 0.15) is 6.10 Å². The van der Waals surface area contributed by atoms with E-state index in [1.807, 2.05) is 30.3 Å². The summed E-state index contributed by atoms with van der Waals surface area (Å²) in [6, 6.07) is 10.6. The van der Waals surface area contributed by atoms with Crippen LogP contribution in [0.15, 0.2) is 41.2 Å². The van der Waals surface area contributed by atoms with E-state index in [1.165, 1.54) is 6.07 Å². The normalized spacial score (nSPS) is 12.4. The zero-order chi connectivity index (χ0) is 11.5. The summed E-state index contributed by atoms with van der Waals surface area (Å²) in [7, 11) is 0. The fraction of sp³-hybridized carbons (Fsp3) is 0.167. The first kappa shape index (κ1) is 10.6. The second kappa shape index (κ2) is 4.28. The van der Waals surface area contributed by atoms with Crippen LogP contribution in [0.25, 0.3) is 0 Å². The standard InChI is InChI=1S/C12H12N2O2/c1-8-10(7-11(15)14-13-8)12(16)9-5-3-2-4-6-9/h2-7,12,16H,1H3,(H,14,15). The van der Waals surface area contributed by atoms with Crippen molar-refractivity contribution in [3.63, 3.8) is 0 Å². The maximum atomic E-state index is 11.1. The van der Waals surface area contributed by atoms with E-state index in [2.05, 4.69) is 10.2 Å². The van der Waals surface area contributed by atoms with E-state index < -0.39 is 6.10 Å². The first-order chi connectivity index (χ1) is 7.68. The third-order valence-electron chi connectivity index (χ3n) is 2.45. The smallest absolute Gasteiger partial charge is 0.264 e. The van der Waals surface area contributed by atoms with E-state index in [0.717, 1.165) is 5.56 Å². The molecule has 1 unspecified atom stereocenters. The maximum absolute atomic E-state index is 11.1. The Bertz CT molecular complexity index is 534. The minimum absolute atomic E-state index is 0.310. The number of hydrogen-bond acceptors (Lipinski definition) is 3. The highest BCUT2D eigenvalue weighted by Crippen LogP contribution is 2.21. The van der Waals surface area contributed by atoms with Gasteiger partial charge in [-0.25, -0.2) is 5.10 Å².